The zero-order valence-electron chi connectivity index (χ0n) is 11.4. The van der Waals surface area contributed by atoms with Crippen LogP contribution in [0.5, 0.6) is 0 Å². The molecule has 6 nitrogen and oxygen atoms in total. The number of likely N-dealkylation sites (tertiary alicyclic amines) is 1. The highest BCUT2D eigenvalue weighted by Crippen LogP contribution is 2.24. The Hall–Kier alpha value is -1.30. The normalized spacial score (nSPS) is 24.1. The Kier molecular flexibility index (Phi) is 4.56. The average molecular weight is 258 g/mol. The second-order valence-electron chi connectivity index (χ2n) is 5.36. The lowest BCUT2D eigenvalue weighted by atomic mass is 10.0. The maximum Gasteiger partial charge on any atom is 0.326 e. The van der Waals surface area contributed by atoms with E-state index in [0.29, 0.717) is 13.1 Å². The quantitative estimate of drug-likeness (QED) is 0.785. The first kappa shape index (κ1) is 14.8. The molecule has 0 saturated carbocycles. The van der Waals surface area contributed by atoms with Crippen LogP contribution in [0, 0.1) is 5.92 Å². The number of aliphatic carboxylic acids is 1. The fraction of sp³-hybridized carbons (Fsp3) is 0.833. The summed E-state index contributed by atoms with van der Waals surface area (Å²) in [5.41, 5.74) is -0.459. The summed E-state index contributed by atoms with van der Waals surface area (Å²) in [6, 6.07) is -1.06. The molecule has 1 aliphatic rings. The van der Waals surface area contributed by atoms with Crippen molar-refractivity contribution in [2.45, 2.75) is 38.8 Å². The Bertz CT molecular complexity index is 330. The summed E-state index contributed by atoms with van der Waals surface area (Å²) in [6.07, 6.45) is 0.720. The zero-order chi connectivity index (χ0) is 13.9. The van der Waals surface area contributed by atoms with E-state index in [2.05, 4.69) is 5.32 Å². The van der Waals surface area contributed by atoms with E-state index in [1.54, 1.807) is 7.11 Å². The minimum absolute atomic E-state index is 0.0105. The van der Waals surface area contributed by atoms with Gasteiger partial charge in [-0.15, -0.1) is 0 Å². The smallest absolute Gasteiger partial charge is 0.326 e. The lowest BCUT2D eigenvalue weighted by Gasteiger charge is -2.27. The average Bonchev–Trinajstić information content (AvgIpc) is 2.68. The number of nitrogens with one attached hydrogen (secondary N) is 1. The van der Waals surface area contributed by atoms with Gasteiger partial charge in [0.25, 0.3) is 0 Å². The number of carboxylic acid groups (broad SMARTS) is 1. The Morgan fingerprint density at radius 1 is 1.50 bits per heavy atom. The highest BCUT2D eigenvalue weighted by molar-refractivity contribution is 5.83. The topological polar surface area (TPSA) is 78.9 Å². The molecule has 1 saturated heterocycles. The van der Waals surface area contributed by atoms with Crippen molar-refractivity contribution in [3.8, 4) is 0 Å². The van der Waals surface area contributed by atoms with Gasteiger partial charge in [0.1, 0.15) is 6.04 Å². The summed E-state index contributed by atoms with van der Waals surface area (Å²) < 4.78 is 5.20. The van der Waals surface area contributed by atoms with Crippen molar-refractivity contribution < 1.29 is 19.4 Å². The van der Waals surface area contributed by atoms with Crippen molar-refractivity contribution in [1.82, 2.24) is 10.2 Å². The van der Waals surface area contributed by atoms with E-state index in [4.69, 9.17) is 9.84 Å². The zero-order valence-corrected chi connectivity index (χ0v) is 11.4. The predicted molar refractivity (Wildman–Crippen MR) is 66.4 cm³/mol. The summed E-state index contributed by atoms with van der Waals surface area (Å²) in [7, 11) is 1.57. The van der Waals surface area contributed by atoms with Crippen LogP contribution in [0.2, 0.25) is 0 Å². The molecule has 0 aromatic rings. The summed E-state index contributed by atoms with van der Waals surface area (Å²) in [5, 5.41) is 11.9. The van der Waals surface area contributed by atoms with Crippen LogP contribution >= 0.6 is 0 Å². The molecule has 1 heterocycles. The van der Waals surface area contributed by atoms with E-state index in [1.165, 1.54) is 4.90 Å². The molecule has 1 aliphatic heterocycles. The molecule has 2 N–H and O–H groups in total. The highest BCUT2D eigenvalue weighted by atomic mass is 16.5. The molecule has 6 heteroatoms. The van der Waals surface area contributed by atoms with Crippen LogP contribution in [0.15, 0.2) is 0 Å². The molecule has 104 valence electrons. The third-order valence-corrected chi connectivity index (χ3v) is 3.43. The summed E-state index contributed by atoms with van der Waals surface area (Å²) in [6.45, 7) is 6.39. The minimum atomic E-state index is -0.943. The van der Waals surface area contributed by atoms with Crippen LogP contribution in [0.1, 0.15) is 27.2 Å². The standard InChI is InChI=1S/C12H22N2O4/c1-8-5-6-14(9(8)10(15)16)11(17)13-7-12(2,3)18-4/h8-9H,5-7H2,1-4H3,(H,13,17)(H,15,16). The molecule has 2 unspecified atom stereocenters. The van der Waals surface area contributed by atoms with Gasteiger partial charge in [-0.2, -0.15) is 0 Å². The largest absolute Gasteiger partial charge is 0.480 e. The van der Waals surface area contributed by atoms with Crippen LogP contribution in [0.3, 0.4) is 0 Å². The minimum Gasteiger partial charge on any atom is -0.480 e. The molecule has 0 radical (unpaired) electrons. The number of carboxylic acids is 1. The van der Waals surface area contributed by atoms with E-state index in [-0.39, 0.29) is 11.9 Å². The van der Waals surface area contributed by atoms with Gasteiger partial charge in [-0.25, -0.2) is 9.59 Å². The summed E-state index contributed by atoms with van der Waals surface area (Å²) in [4.78, 5) is 24.5. The van der Waals surface area contributed by atoms with Crippen molar-refractivity contribution in [2.24, 2.45) is 5.92 Å². The van der Waals surface area contributed by atoms with Gasteiger partial charge in [0.05, 0.1) is 5.60 Å². The van der Waals surface area contributed by atoms with Gasteiger partial charge in [0.2, 0.25) is 0 Å². The van der Waals surface area contributed by atoms with Crippen LogP contribution in [-0.2, 0) is 9.53 Å². The van der Waals surface area contributed by atoms with Crippen LogP contribution < -0.4 is 5.32 Å². The van der Waals surface area contributed by atoms with E-state index in [0.717, 1.165) is 6.42 Å². The second kappa shape index (κ2) is 5.56. The Labute approximate surface area is 107 Å². The Balaban J connectivity index is 2.59. The molecule has 2 amide bonds. The van der Waals surface area contributed by atoms with Gasteiger partial charge < -0.3 is 20.1 Å². The molecule has 0 spiro atoms. The molecule has 1 fully saturated rings. The predicted octanol–water partition coefficient (Wildman–Crippen LogP) is 0.916. The first-order chi connectivity index (χ1) is 8.28. The van der Waals surface area contributed by atoms with Crippen molar-refractivity contribution in [2.75, 3.05) is 20.2 Å². The van der Waals surface area contributed by atoms with Crippen molar-refractivity contribution in [3.63, 3.8) is 0 Å². The molecule has 0 aromatic heterocycles. The molecule has 2 atom stereocenters. The molecule has 1 rings (SSSR count). The number of hydrogen-bond acceptors (Lipinski definition) is 3. The number of rotatable bonds is 4. The number of hydrogen-bond donors (Lipinski definition) is 2. The first-order valence-corrected chi connectivity index (χ1v) is 6.11. The maximum absolute atomic E-state index is 12.0. The van der Waals surface area contributed by atoms with E-state index in [1.807, 2.05) is 20.8 Å². The fourth-order valence-corrected chi connectivity index (χ4v) is 2.01. The van der Waals surface area contributed by atoms with Gasteiger partial charge >= 0.3 is 12.0 Å². The number of carbonyl (C=O) groups excluding carboxylic acids is 1. The number of urea groups is 1. The van der Waals surface area contributed by atoms with Gasteiger partial charge in [-0.05, 0) is 26.2 Å². The van der Waals surface area contributed by atoms with Gasteiger partial charge in [-0.1, -0.05) is 6.92 Å². The van der Waals surface area contributed by atoms with Gasteiger partial charge in [0, 0.05) is 20.2 Å². The maximum atomic E-state index is 12.0. The van der Waals surface area contributed by atoms with Crippen LogP contribution in [0.25, 0.3) is 0 Å². The Morgan fingerprint density at radius 2 is 2.11 bits per heavy atom. The molecular formula is C12H22N2O4. The van der Waals surface area contributed by atoms with E-state index >= 15 is 0 Å². The fourth-order valence-electron chi connectivity index (χ4n) is 2.01. The SMILES string of the molecule is COC(C)(C)CNC(=O)N1CCC(C)C1C(=O)O. The molecule has 0 bridgehead atoms. The number of methoxy groups -OCH3 is 1. The van der Waals surface area contributed by atoms with Crippen molar-refractivity contribution in [1.29, 1.82) is 0 Å². The van der Waals surface area contributed by atoms with E-state index < -0.39 is 17.6 Å². The number of carbonyl (C=O) groups is 2. The van der Waals surface area contributed by atoms with Crippen LogP contribution in [0.4, 0.5) is 4.79 Å². The molecule has 0 aromatic carbocycles. The van der Waals surface area contributed by atoms with Gasteiger partial charge in [0.15, 0.2) is 0 Å². The lowest BCUT2D eigenvalue weighted by Crippen LogP contribution is -2.50. The molecule has 18 heavy (non-hydrogen) atoms. The van der Waals surface area contributed by atoms with Crippen molar-refractivity contribution in [3.05, 3.63) is 0 Å². The summed E-state index contributed by atoms with van der Waals surface area (Å²) >= 11 is 0. The number of nitrogens with zero attached hydrogens (tertiary/aromatic N) is 1. The monoisotopic (exact) mass is 258 g/mol. The highest BCUT2D eigenvalue weighted by Gasteiger charge is 2.39. The summed E-state index contributed by atoms with van der Waals surface area (Å²) in [5.74, 6) is -0.954. The number of amides is 2. The second-order valence-corrected chi connectivity index (χ2v) is 5.36. The van der Waals surface area contributed by atoms with Crippen molar-refractivity contribution >= 4 is 12.0 Å². The van der Waals surface area contributed by atoms with Crippen LogP contribution in [-0.4, -0.2) is 53.8 Å². The lowest BCUT2D eigenvalue weighted by molar-refractivity contribution is -0.142. The third kappa shape index (κ3) is 3.35. The Morgan fingerprint density at radius 3 is 2.61 bits per heavy atom. The molecular weight excluding hydrogens is 236 g/mol. The number of ether oxygens (including phenoxy) is 1. The molecule has 0 aliphatic carbocycles. The first-order valence-electron chi connectivity index (χ1n) is 6.11. The van der Waals surface area contributed by atoms with E-state index in [9.17, 15) is 9.59 Å². The van der Waals surface area contributed by atoms with Gasteiger partial charge in [-0.3, -0.25) is 0 Å². The third-order valence-electron chi connectivity index (χ3n) is 3.43.